The first-order chi connectivity index (χ1) is 12.4. The highest BCUT2D eigenvalue weighted by molar-refractivity contribution is 6.36. The molecule has 1 unspecified atom stereocenters. The number of halogens is 2. The van der Waals surface area contributed by atoms with Crippen LogP contribution >= 0.6 is 23.2 Å². The fourth-order valence-corrected chi connectivity index (χ4v) is 2.48. The molecule has 0 aliphatic carbocycles. The van der Waals surface area contributed by atoms with Gasteiger partial charge in [-0.05, 0) is 25.1 Å². The van der Waals surface area contributed by atoms with Gasteiger partial charge in [-0.2, -0.15) is 0 Å². The second-order valence-corrected chi connectivity index (χ2v) is 5.91. The topological polar surface area (TPSA) is 86.8 Å². The molecular formula is C17H16Cl2N2O5. The average molecular weight is 399 g/mol. The number of nitrogens with one attached hydrogen (secondary N) is 1. The number of methoxy groups -OCH3 is 2. The van der Waals surface area contributed by atoms with E-state index in [1.165, 1.54) is 39.5 Å². The van der Waals surface area contributed by atoms with Crippen molar-refractivity contribution < 1.29 is 23.8 Å². The zero-order valence-electron chi connectivity index (χ0n) is 14.2. The summed E-state index contributed by atoms with van der Waals surface area (Å²) in [5.41, 5.74) is 0.133. The molecule has 7 nitrogen and oxygen atoms in total. The molecule has 2 rings (SSSR count). The molecule has 0 saturated heterocycles. The number of pyridine rings is 1. The number of aromatic nitrogens is 1. The van der Waals surface area contributed by atoms with Crippen molar-refractivity contribution in [3.63, 3.8) is 0 Å². The lowest BCUT2D eigenvalue weighted by atomic mass is 10.2. The van der Waals surface area contributed by atoms with Crippen LogP contribution < -0.4 is 14.8 Å². The predicted molar refractivity (Wildman–Crippen MR) is 97.3 cm³/mol. The quantitative estimate of drug-likeness (QED) is 0.748. The largest absolute Gasteiger partial charge is 0.493 e. The van der Waals surface area contributed by atoms with Crippen LogP contribution in [0.3, 0.4) is 0 Å². The summed E-state index contributed by atoms with van der Waals surface area (Å²) in [6.45, 7) is 1.42. The van der Waals surface area contributed by atoms with Gasteiger partial charge < -0.3 is 19.5 Å². The maximum Gasteiger partial charge on any atom is 0.342 e. The van der Waals surface area contributed by atoms with E-state index in [0.29, 0.717) is 10.8 Å². The van der Waals surface area contributed by atoms with E-state index in [1.807, 2.05) is 0 Å². The van der Waals surface area contributed by atoms with E-state index >= 15 is 0 Å². The molecule has 1 N–H and O–H groups in total. The highest BCUT2D eigenvalue weighted by Crippen LogP contribution is 2.31. The van der Waals surface area contributed by atoms with Crippen molar-refractivity contribution in [2.45, 2.75) is 13.0 Å². The standard InChI is InChI=1S/C17H16Cl2N2O5/c1-9(16(22)21-15-12(19)7-10(18)8-20-15)26-17(23)11-5-4-6-13(24-2)14(11)25-3/h4-9H,1-3H3,(H,20,21,22). The number of hydrogen-bond donors (Lipinski definition) is 1. The van der Waals surface area contributed by atoms with Crippen LogP contribution in [0, 0.1) is 0 Å². The highest BCUT2D eigenvalue weighted by atomic mass is 35.5. The first-order valence-corrected chi connectivity index (χ1v) is 8.16. The van der Waals surface area contributed by atoms with Crippen LogP contribution in [-0.4, -0.2) is 37.2 Å². The SMILES string of the molecule is COc1cccc(C(=O)OC(C)C(=O)Nc2ncc(Cl)cc2Cl)c1OC. The van der Waals surface area contributed by atoms with E-state index in [9.17, 15) is 9.59 Å². The van der Waals surface area contributed by atoms with Gasteiger partial charge in [-0.25, -0.2) is 9.78 Å². The summed E-state index contributed by atoms with van der Waals surface area (Å²) >= 11 is 11.7. The summed E-state index contributed by atoms with van der Waals surface area (Å²) in [6, 6.07) is 6.19. The van der Waals surface area contributed by atoms with Gasteiger partial charge in [-0.1, -0.05) is 29.3 Å². The Hall–Kier alpha value is -2.51. The van der Waals surface area contributed by atoms with Crippen molar-refractivity contribution in [2.24, 2.45) is 0 Å². The summed E-state index contributed by atoms with van der Waals surface area (Å²) < 4.78 is 15.5. The molecule has 26 heavy (non-hydrogen) atoms. The molecule has 9 heteroatoms. The second kappa shape index (κ2) is 8.73. The first-order valence-electron chi connectivity index (χ1n) is 7.41. The Kier molecular flexibility index (Phi) is 6.65. The summed E-state index contributed by atoms with van der Waals surface area (Å²) in [7, 11) is 2.85. The van der Waals surface area contributed by atoms with Crippen LogP contribution in [0.5, 0.6) is 11.5 Å². The smallest absolute Gasteiger partial charge is 0.342 e. The average Bonchev–Trinajstić information content (AvgIpc) is 2.62. The molecule has 0 bridgehead atoms. The molecule has 0 aliphatic heterocycles. The van der Waals surface area contributed by atoms with Crippen molar-refractivity contribution in [2.75, 3.05) is 19.5 Å². The van der Waals surface area contributed by atoms with E-state index in [4.69, 9.17) is 37.4 Å². The lowest BCUT2D eigenvalue weighted by Gasteiger charge is -2.16. The molecule has 1 aromatic carbocycles. The summed E-state index contributed by atoms with van der Waals surface area (Å²) in [6.07, 6.45) is 0.229. The lowest BCUT2D eigenvalue weighted by molar-refractivity contribution is -0.123. The molecule has 1 aromatic heterocycles. The third-order valence-electron chi connectivity index (χ3n) is 3.33. The number of carbonyl (C=O) groups excluding carboxylic acids is 2. The molecule has 1 amide bonds. The third-order valence-corrected chi connectivity index (χ3v) is 3.82. The van der Waals surface area contributed by atoms with Crippen LogP contribution in [0.4, 0.5) is 5.82 Å². The Balaban J connectivity index is 2.10. The molecule has 0 saturated carbocycles. The summed E-state index contributed by atoms with van der Waals surface area (Å²) in [4.78, 5) is 28.5. The molecule has 0 aliphatic rings. The molecular weight excluding hydrogens is 383 g/mol. The number of nitrogens with zero attached hydrogens (tertiary/aromatic N) is 1. The van der Waals surface area contributed by atoms with E-state index in [-0.39, 0.29) is 22.2 Å². The lowest BCUT2D eigenvalue weighted by Crippen LogP contribution is -2.30. The Morgan fingerprint density at radius 1 is 1.19 bits per heavy atom. The van der Waals surface area contributed by atoms with Crippen molar-refractivity contribution >= 4 is 40.9 Å². The number of amides is 1. The van der Waals surface area contributed by atoms with Crippen molar-refractivity contribution in [1.29, 1.82) is 0 Å². The molecule has 2 aromatic rings. The van der Waals surface area contributed by atoms with Gasteiger partial charge in [0.05, 0.1) is 24.3 Å². The molecule has 1 atom stereocenters. The Labute approximate surface area is 160 Å². The number of benzene rings is 1. The minimum Gasteiger partial charge on any atom is -0.493 e. The van der Waals surface area contributed by atoms with Crippen molar-refractivity contribution in [1.82, 2.24) is 4.98 Å². The number of ether oxygens (including phenoxy) is 3. The molecule has 138 valence electrons. The minimum atomic E-state index is -1.10. The van der Waals surface area contributed by atoms with E-state index < -0.39 is 18.0 Å². The normalized spacial score (nSPS) is 11.4. The van der Waals surface area contributed by atoms with Crippen molar-refractivity contribution in [3.05, 3.63) is 46.1 Å². The van der Waals surface area contributed by atoms with Crippen LogP contribution in [0.1, 0.15) is 17.3 Å². The number of esters is 1. The van der Waals surface area contributed by atoms with Gasteiger partial charge in [-0.3, -0.25) is 4.79 Å². The van der Waals surface area contributed by atoms with Crippen LogP contribution in [0.25, 0.3) is 0 Å². The van der Waals surface area contributed by atoms with Gasteiger partial charge in [0.2, 0.25) is 0 Å². The minimum absolute atomic E-state index is 0.114. The Morgan fingerprint density at radius 3 is 2.54 bits per heavy atom. The Morgan fingerprint density at radius 2 is 1.92 bits per heavy atom. The third kappa shape index (κ3) is 4.56. The van der Waals surface area contributed by atoms with Gasteiger partial charge >= 0.3 is 5.97 Å². The van der Waals surface area contributed by atoms with Gasteiger partial charge in [0.15, 0.2) is 23.4 Å². The number of para-hydroxylation sites is 1. The fourth-order valence-electron chi connectivity index (χ4n) is 2.05. The number of anilines is 1. The molecule has 0 fully saturated rings. The van der Waals surface area contributed by atoms with Gasteiger partial charge in [0.25, 0.3) is 5.91 Å². The second-order valence-electron chi connectivity index (χ2n) is 5.06. The van der Waals surface area contributed by atoms with Crippen LogP contribution in [0.2, 0.25) is 10.0 Å². The maximum atomic E-state index is 12.4. The summed E-state index contributed by atoms with van der Waals surface area (Å²) in [5.74, 6) is -0.635. The monoisotopic (exact) mass is 398 g/mol. The maximum absolute atomic E-state index is 12.4. The van der Waals surface area contributed by atoms with Gasteiger partial charge in [-0.15, -0.1) is 0 Å². The number of hydrogen-bond acceptors (Lipinski definition) is 6. The molecule has 1 heterocycles. The number of carbonyl (C=O) groups is 2. The predicted octanol–water partition coefficient (Wildman–Crippen LogP) is 3.59. The number of rotatable bonds is 6. The van der Waals surface area contributed by atoms with Crippen molar-refractivity contribution in [3.8, 4) is 11.5 Å². The van der Waals surface area contributed by atoms with Crippen LogP contribution in [-0.2, 0) is 9.53 Å². The zero-order valence-corrected chi connectivity index (χ0v) is 15.7. The van der Waals surface area contributed by atoms with E-state index in [2.05, 4.69) is 10.3 Å². The van der Waals surface area contributed by atoms with Gasteiger partial charge in [0.1, 0.15) is 5.56 Å². The van der Waals surface area contributed by atoms with E-state index in [1.54, 1.807) is 12.1 Å². The fraction of sp³-hybridized carbons (Fsp3) is 0.235. The summed E-state index contributed by atoms with van der Waals surface area (Å²) in [5, 5.41) is 2.97. The van der Waals surface area contributed by atoms with Gasteiger partial charge in [0, 0.05) is 6.20 Å². The Bertz CT molecular complexity index is 829. The molecule has 0 spiro atoms. The zero-order chi connectivity index (χ0) is 19.3. The molecule has 0 radical (unpaired) electrons. The van der Waals surface area contributed by atoms with E-state index in [0.717, 1.165) is 0 Å². The van der Waals surface area contributed by atoms with Crippen LogP contribution in [0.15, 0.2) is 30.5 Å². The highest BCUT2D eigenvalue weighted by Gasteiger charge is 2.23. The first kappa shape index (κ1) is 19.8.